The first-order valence-electron chi connectivity index (χ1n) is 6.13. The Morgan fingerprint density at radius 1 is 1.33 bits per heavy atom. The number of hydrogen-bond donors (Lipinski definition) is 2. The highest BCUT2D eigenvalue weighted by Gasteiger charge is 2.23. The molecule has 0 fully saturated rings. The van der Waals surface area contributed by atoms with E-state index >= 15 is 0 Å². The zero-order valence-electron chi connectivity index (χ0n) is 10.2. The Balaban J connectivity index is 1.96. The predicted molar refractivity (Wildman–Crippen MR) is 69.4 cm³/mol. The van der Waals surface area contributed by atoms with Gasteiger partial charge in [-0.15, -0.1) is 0 Å². The highest BCUT2D eigenvalue weighted by Crippen LogP contribution is 2.19. The summed E-state index contributed by atoms with van der Waals surface area (Å²) in [5.74, 6) is 0.737. The lowest BCUT2D eigenvalue weighted by molar-refractivity contribution is 0.629. The summed E-state index contributed by atoms with van der Waals surface area (Å²) in [6.45, 7) is 2.67. The fraction of sp³-hybridized carbons (Fsp3) is 0.286. The summed E-state index contributed by atoms with van der Waals surface area (Å²) in [4.78, 5) is 19.4. The monoisotopic (exact) mass is 241 g/mol. The summed E-state index contributed by atoms with van der Waals surface area (Å²) >= 11 is 0. The van der Waals surface area contributed by atoms with Crippen LogP contribution in [-0.4, -0.2) is 9.97 Å². The number of nitrogens with zero attached hydrogens (tertiary/aromatic N) is 1. The third-order valence-corrected chi connectivity index (χ3v) is 3.31. The molecule has 1 aliphatic heterocycles. The van der Waals surface area contributed by atoms with Gasteiger partial charge in [0.2, 0.25) is 0 Å². The van der Waals surface area contributed by atoms with Gasteiger partial charge in [-0.3, -0.25) is 4.79 Å². The molecule has 4 heteroatoms. The van der Waals surface area contributed by atoms with E-state index in [1.54, 1.807) is 0 Å². The summed E-state index contributed by atoms with van der Waals surface area (Å²) in [7, 11) is 0. The van der Waals surface area contributed by atoms with Crippen molar-refractivity contribution in [2.24, 2.45) is 0 Å². The van der Waals surface area contributed by atoms with Gasteiger partial charge in [-0.2, -0.15) is 0 Å². The number of benzene rings is 1. The molecule has 0 bridgehead atoms. The molecule has 0 spiro atoms. The topological polar surface area (TPSA) is 57.8 Å². The summed E-state index contributed by atoms with van der Waals surface area (Å²) in [6, 6.07) is 10.1. The van der Waals surface area contributed by atoms with Crippen LogP contribution in [0.5, 0.6) is 0 Å². The van der Waals surface area contributed by atoms with E-state index in [0.717, 1.165) is 22.6 Å². The molecule has 0 radical (unpaired) electrons. The van der Waals surface area contributed by atoms with E-state index in [4.69, 9.17) is 0 Å². The minimum atomic E-state index is -0.0107. The van der Waals surface area contributed by atoms with E-state index in [1.807, 2.05) is 37.3 Å². The van der Waals surface area contributed by atoms with Crippen molar-refractivity contribution in [2.75, 3.05) is 0 Å². The largest absolute Gasteiger partial charge is 0.310 e. The van der Waals surface area contributed by atoms with E-state index in [2.05, 4.69) is 15.3 Å². The molecule has 0 saturated heterocycles. The summed E-state index contributed by atoms with van der Waals surface area (Å²) < 4.78 is 0. The SMILES string of the molecule is CC1NCc2nc(Cc3ccccc3)[nH]c(=O)c21. The molecule has 2 heterocycles. The molecule has 18 heavy (non-hydrogen) atoms. The number of fused-ring (bicyclic) bond motifs is 1. The van der Waals surface area contributed by atoms with Crippen molar-refractivity contribution in [2.45, 2.75) is 25.9 Å². The van der Waals surface area contributed by atoms with Gasteiger partial charge in [0.05, 0.1) is 11.3 Å². The normalized spacial score (nSPS) is 17.7. The first kappa shape index (κ1) is 11.2. The van der Waals surface area contributed by atoms with Gasteiger partial charge in [0.15, 0.2) is 0 Å². The number of rotatable bonds is 2. The lowest BCUT2D eigenvalue weighted by atomic mass is 10.1. The molecular weight excluding hydrogens is 226 g/mol. The van der Waals surface area contributed by atoms with Crippen LogP contribution in [0.25, 0.3) is 0 Å². The molecule has 1 atom stereocenters. The van der Waals surface area contributed by atoms with Crippen LogP contribution in [0.3, 0.4) is 0 Å². The van der Waals surface area contributed by atoms with E-state index in [1.165, 1.54) is 0 Å². The lowest BCUT2D eigenvalue weighted by Crippen LogP contribution is -2.19. The number of aromatic amines is 1. The van der Waals surface area contributed by atoms with Gasteiger partial charge >= 0.3 is 0 Å². The molecule has 2 N–H and O–H groups in total. The van der Waals surface area contributed by atoms with Crippen molar-refractivity contribution in [1.29, 1.82) is 0 Å². The maximum atomic E-state index is 12.0. The molecule has 0 aliphatic carbocycles. The molecule has 92 valence electrons. The van der Waals surface area contributed by atoms with E-state index in [0.29, 0.717) is 13.0 Å². The van der Waals surface area contributed by atoms with Crippen LogP contribution in [0.1, 0.15) is 35.6 Å². The molecule has 3 rings (SSSR count). The maximum absolute atomic E-state index is 12.0. The first-order chi connectivity index (χ1) is 8.74. The quantitative estimate of drug-likeness (QED) is 0.838. The first-order valence-corrected chi connectivity index (χ1v) is 6.13. The van der Waals surface area contributed by atoms with Crippen molar-refractivity contribution in [3.8, 4) is 0 Å². The Kier molecular flexibility index (Phi) is 2.72. The zero-order valence-corrected chi connectivity index (χ0v) is 10.2. The molecule has 0 amide bonds. The fourth-order valence-electron chi connectivity index (χ4n) is 2.39. The Bertz CT molecular complexity index is 619. The predicted octanol–water partition coefficient (Wildman–Crippen LogP) is 1.52. The Morgan fingerprint density at radius 3 is 2.89 bits per heavy atom. The van der Waals surface area contributed by atoms with Crippen LogP contribution >= 0.6 is 0 Å². The van der Waals surface area contributed by atoms with Gasteiger partial charge in [0.25, 0.3) is 5.56 Å². The van der Waals surface area contributed by atoms with Crippen molar-refractivity contribution in [3.05, 3.63) is 63.3 Å². The van der Waals surface area contributed by atoms with Crippen molar-refractivity contribution >= 4 is 0 Å². The second kappa shape index (κ2) is 4.38. The van der Waals surface area contributed by atoms with Gasteiger partial charge in [0.1, 0.15) is 5.82 Å². The zero-order chi connectivity index (χ0) is 12.5. The molecule has 4 nitrogen and oxygen atoms in total. The van der Waals surface area contributed by atoms with Crippen molar-refractivity contribution < 1.29 is 0 Å². The molecule has 0 saturated carbocycles. The van der Waals surface area contributed by atoms with Gasteiger partial charge < -0.3 is 10.3 Å². The van der Waals surface area contributed by atoms with E-state index in [9.17, 15) is 4.79 Å². The Hall–Kier alpha value is -1.94. The average molecular weight is 241 g/mol. The van der Waals surface area contributed by atoms with E-state index in [-0.39, 0.29) is 11.6 Å². The molecule has 1 aromatic heterocycles. The van der Waals surface area contributed by atoms with Crippen LogP contribution < -0.4 is 10.9 Å². The van der Waals surface area contributed by atoms with Gasteiger partial charge in [-0.05, 0) is 12.5 Å². The number of hydrogen-bond acceptors (Lipinski definition) is 3. The van der Waals surface area contributed by atoms with Gasteiger partial charge in [0, 0.05) is 19.0 Å². The molecule has 1 unspecified atom stereocenters. The molecular formula is C14H15N3O. The van der Waals surface area contributed by atoms with E-state index < -0.39 is 0 Å². The summed E-state index contributed by atoms with van der Waals surface area (Å²) in [6.07, 6.45) is 0.664. The summed E-state index contributed by atoms with van der Waals surface area (Å²) in [5, 5.41) is 3.23. The number of aromatic nitrogens is 2. The van der Waals surface area contributed by atoms with Crippen LogP contribution in [0.4, 0.5) is 0 Å². The maximum Gasteiger partial charge on any atom is 0.255 e. The standard InChI is InChI=1S/C14H15N3O/c1-9-13-11(8-15-9)16-12(17-14(13)18)7-10-5-3-2-4-6-10/h2-6,9,15H,7-8H2,1H3,(H,16,17,18). The Labute approximate surface area is 105 Å². The minimum Gasteiger partial charge on any atom is -0.310 e. The smallest absolute Gasteiger partial charge is 0.255 e. The van der Waals surface area contributed by atoms with Crippen molar-refractivity contribution in [1.82, 2.24) is 15.3 Å². The molecule has 1 aliphatic rings. The Morgan fingerprint density at radius 2 is 2.11 bits per heavy atom. The average Bonchev–Trinajstić information content (AvgIpc) is 2.72. The minimum absolute atomic E-state index is 0.0107. The third-order valence-electron chi connectivity index (χ3n) is 3.31. The summed E-state index contributed by atoms with van der Waals surface area (Å²) in [5.41, 5.74) is 2.81. The molecule has 1 aromatic carbocycles. The van der Waals surface area contributed by atoms with Crippen LogP contribution in [0, 0.1) is 0 Å². The van der Waals surface area contributed by atoms with Crippen LogP contribution in [0.15, 0.2) is 35.1 Å². The highest BCUT2D eigenvalue weighted by molar-refractivity contribution is 5.27. The number of nitrogens with one attached hydrogen (secondary N) is 2. The highest BCUT2D eigenvalue weighted by atomic mass is 16.1. The lowest BCUT2D eigenvalue weighted by Gasteiger charge is -2.05. The fourth-order valence-corrected chi connectivity index (χ4v) is 2.39. The van der Waals surface area contributed by atoms with Crippen molar-refractivity contribution in [3.63, 3.8) is 0 Å². The van der Waals surface area contributed by atoms with Gasteiger partial charge in [-0.1, -0.05) is 30.3 Å². The van der Waals surface area contributed by atoms with Crippen LogP contribution in [0.2, 0.25) is 0 Å². The third kappa shape index (κ3) is 1.95. The number of H-pyrrole nitrogens is 1. The second-order valence-electron chi connectivity index (χ2n) is 4.64. The van der Waals surface area contributed by atoms with Crippen LogP contribution in [-0.2, 0) is 13.0 Å². The molecule has 2 aromatic rings. The van der Waals surface area contributed by atoms with Gasteiger partial charge in [-0.25, -0.2) is 4.98 Å². The second-order valence-corrected chi connectivity index (χ2v) is 4.64.